The van der Waals surface area contributed by atoms with Gasteiger partial charge in [-0.25, -0.2) is 4.68 Å². The van der Waals surface area contributed by atoms with Crippen molar-refractivity contribution < 1.29 is 0 Å². The summed E-state index contributed by atoms with van der Waals surface area (Å²) in [5.41, 5.74) is 3.38. The maximum Gasteiger partial charge on any atom is 0.0879 e. The number of nitrogens with zero attached hydrogens (tertiary/aromatic N) is 2. The van der Waals surface area contributed by atoms with Gasteiger partial charge in [0, 0.05) is 5.88 Å². The van der Waals surface area contributed by atoms with Crippen LogP contribution in [0.2, 0.25) is 10.0 Å². The van der Waals surface area contributed by atoms with Crippen molar-refractivity contribution in [3.8, 4) is 5.69 Å². The van der Waals surface area contributed by atoms with Gasteiger partial charge in [-0.05, 0) is 25.5 Å². The number of halogens is 3. The van der Waals surface area contributed by atoms with Crippen molar-refractivity contribution in [1.82, 2.24) is 9.78 Å². The van der Waals surface area contributed by atoms with Crippen molar-refractivity contribution >= 4 is 34.8 Å². The van der Waals surface area contributed by atoms with Crippen LogP contribution in [0.15, 0.2) is 18.2 Å². The Morgan fingerprint density at radius 2 is 1.94 bits per heavy atom. The van der Waals surface area contributed by atoms with Crippen LogP contribution in [0.3, 0.4) is 0 Å². The van der Waals surface area contributed by atoms with Crippen LogP contribution in [0, 0.1) is 13.8 Å². The largest absolute Gasteiger partial charge is 0.234 e. The van der Waals surface area contributed by atoms with Gasteiger partial charge >= 0.3 is 0 Å². The van der Waals surface area contributed by atoms with Crippen LogP contribution in [-0.4, -0.2) is 9.78 Å². The van der Waals surface area contributed by atoms with Crippen molar-refractivity contribution in [1.29, 1.82) is 0 Å². The lowest BCUT2D eigenvalue weighted by Gasteiger charge is -2.11. The molecule has 0 amide bonds. The number of aromatic nitrogens is 2. The van der Waals surface area contributed by atoms with Gasteiger partial charge in [0.25, 0.3) is 0 Å². The van der Waals surface area contributed by atoms with Crippen LogP contribution in [0.1, 0.15) is 17.0 Å². The Bertz CT molecular complexity index is 561. The molecule has 0 aliphatic rings. The molecule has 0 radical (unpaired) electrons. The highest BCUT2D eigenvalue weighted by molar-refractivity contribution is 6.33. The third kappa shape index (κ3) is 2.17. The monoisotopic (exact) mass is 288 g/mol. The second-order valence-electron chi connectivity index (χ2n) is 3.78. The van der Waals surface area contributed by atoms with Crippen LogP contribution in [0.4, 0.5) is 0 Å². The minimum atomic E-state index is 0.381. The molecule has 1 heterocycles. The molecule has 2 aromatic rings. The summed E-state index contributed by atoms with van der Waals surface area (Å²) in [6.45, 7) is 3.77. The molecule has 17 heavy (non-hydrogen) atoms. The molecule has 0 spiro atoms. The molecule has 1 aromatic carbocycles. The first-order valence-electron chi connectivity index (χ1n) is 5.11. The van der Waals surface area contributed by atoms with Gasteiger partial charge in [-0.15, -0.1) is 11.6 Å². The average Bonchev–Trinajstić information content (AvgIpc) is 2.56. The average molecular weight is 290 g/mol. The Morgan fingerprint density at radius 1 is 1.24 bits per heavy atom. The molecule has 0 aliphatic heterocycles. The van der Waals surface area contributed by atoms with E-state index in [9.17, 15) is 0 Å². The number of alkyl halides is 1. The fourth-order valence-electron chi connectivity index (χ4n) is 1.75. The smallest absolute Gasteiger partial charge is 0.0879 e. The van der Waals surface area contributed by atoms with Gasteiger partial charge in [-0.1, -0.05) is 35.3 Å². The lowest BCUT2D eigenvalue weighted by atomic mass is 10.2. The van der Waals surface area contributed by atoms with Gasteiger partial charge < -0.3 is 0 Å². The van der Waals surface area contributed by atoms with E-state index < -0.39 is 0 Å². The molecule has 0 atom stereocenters. The van der Waals surface area contributed by atoms with Crippen LogP contribution in [-0.2, 0) is 5.88 Å². The summed E-state index contributed by atoms with van der Waals surface area (Å²) < 4.78 is 1.75. The Labute approximate surface area is 115 Å². The molecular formula is C12H11Cl3N2. The van der Waals surface area contributed by atoms with Crippen molar-refractivity contribution in [3.05, 3.63) is 45.2 Å². The highest BCUT2D eigenvalue weighted by Gasteiger charge is 2.15. The predicted octanol–water partition coefficient (Wildman–Crippen LogP) is 4.53. The maximum absolute atomic E-state index is 6.21. The molecule has 90 valence electrons. The number of hydrogen-bond donors (Lipinski definition) is 0. The van der Waals surface area contributed by atoms with Gasteiger partial charge in [0.15, 0.2) is 0 Å². The quantitative estimate of drug-likeness (QED) is 0.742. The summed E-state index contributed by atoms with van der Waals surface area (Å²) in [6.07, 6.45) is 0. The molecule has 0 aliphatic carbocycles. The lowest BCUT2D eigenvalue weighted by Crippen LogP contribution is -2.03. The highest BCUT2D eigenvalue weighted by Crippen LogP contribution is 2.29. The summed E-state index contributed by atoms with van der Waals surface area (Å²) in [7, 11) is 0. The molecule has 0 bridgehead atoms. The van der Waals surface area contributed by atoms with E-state index in [0.717, 1.165) is 22.6 Å². The van der Waals surface area contributed by atoms with Crippen LogP contribution in [0.25, 0.3) is 5.69 Å². The molecule has 0 fully saturated rings. The molecule has 0 unspecified atom stereocenters. The van der Waals surface area contributed by atoms with E-state index in [2.05, 4.69) is 5.10 Å². The second kappa shape index (κ2) is 4.89. The van der Waals surface area contributed by atoms with Gasteiger partial charge in [-0.2, -0.15) is 5.10 Å². The fourth-order valence-corrected chi connectivity index (χ4v) is 2.35. The van der Waals surface area contributed by atoms with E-state index in [4.69, 9.17) is 34.8 Å². The normalized spacial score (nSPS) is 10.9. The summed E-state index contributed by atoms with van der Waals surface area (Å²) in [5, 5.41) is 5.67. The highest BCUT2D eigenvalue weighted by atomic mass is 35.5. The molecule has 0 saturated carbocycles. The third-order valence-corrected chi connectivity index (χ3v) is 3.77. The molecule has 5 heteroatoms. The predicted molar refractivity (Wildman–Crippen MR) is 72.6 cm³/mol. The maximum atomic E-state index is 6.21. The van der Waals surface area contributed by atoms with Crippen molar-refractivity contribution in [3.63, 3.8) is 0 Å². The summed E-state index contributed by atoms with van der Waals surface area (Å²) in [5.74, 6) is 0.381. The van der Waals surface area contributed by atoms with Crippen LogP contribution >= 0.6 is 34.8 Å². The number of rotatable bonds is 2. The van der Waals surface area contributed by atoms with E-state index in [-0.39, 0.29) is 0 Å². The zero-order valence-electron chi connectivity index (χ0n) is 9.47. The van der Waals surface area contributed by atoms with E-state index >= 15 is 0 Å². The van der Waals surface area contributed by atoms with Gasteiger partial charge in [0.05, 0.1) is 27.1 Å². The Morgan fingerprint density at radius 3 is 2.47 bits per heavy atom. The number of para-hydroxylation sites is 1. The summed E-state index contributed by atoms with van der Waals surface area (Å²) >= 11 is 18.3. The minimum absolute atomic E-state index is 0.381. The van der Waals surface area contributed by atoms with Crippen molar-refractivity contribution in [2.24, 2.45) is 0 Å². The molecule has 2 rings (SSSR count). The zero-order chi connectivity index (χ0) is 12.6. The zero-order valence-corrected chi connectivity index (χ0v) is 11.7. The Kier molecular flexibility index (Phi) is 3.67. The van der Waals surface area contributed by atoms with Gasteiger partial charge in [0.1, 0.15) is 0 Å². The molecule has 2 nitrogen and oxygen atoms in total. The van der Waals surface area contributed by atoms with Gasteiger partial charge in [-0.3, -0.25) is 0 Å². The van der Waals surface area contributed by atoms with Crippen molar-refractivity contribution in [2.45, 2.75) is 19.7 Å². The molecule has 0 saturated heterocycles. The first-order chi connectivity index (χ1) is 8.06. The minimum Gasteiger partial charge on any atom is -0.234 e. The molecule has 0 N–H and O–H groups in total. The second-order valence-corrected chi connectivity index (χ2v) is 4.83. The lowest BCUT2D eigenvalue weighted by molar-refractivity contribution is 0.826. The number of benzene rings is 1. The fraction of sp³-hybridized carbons (Fsp3) is 0.250. The summed E-state index contributed by atoms with van der Waals surface area (Å²) in [6, 6.07) is 5.62. The van der Waals surface area contributed by atoms with E-state index in [1.165, 1.54) is 0 Å². The summed E-state index contributed by atoms with van der Waals surface area (Å²) in [4.78, 5) is 0. The molecular weight excluding hydrogens is 279 g/mol. The Balaban J connectivity index is 2.72. The number of hydrogen-bond acceptors (Lipinski definition) is 1. The first kappa shape index (κ1) is 12.7. The number of aryl methyl sites for hydroxylation is 1. The molecule has 1 aromatic heterocycles. The Hall–Kier alpha value is -0.700. The first-order valence-corrected chi connectivity index (χ1v) is 6.40. The van der Waals surface area contributed by atoms with E-state index in [0.29, 0.717) is 15.9 Å². The third-order valence-electron chi connectivity index (χ3n) is 2.63. The van der Waals surface area contributed by atoms with Crippen LogP contribution < -0.4 is 0 Å². The van der Waals surface area contributed by atoms with Crippen molar-refractivity contribution in [2.75, 3.05) is 0 Å². The standard InChI is InChI=1S/C12H11Cl3N2/c1-7-11(15)8(2)17(16-7)12-9(6-13)4-3-5-10(12)14/h3-5H,6H2,1-2H3. The van der Waals surface area contributed by atoms with Gasteiger partial charge in [0.2, 0.25) is 0 Å². The van der Waals surface area contributed by atoms with E-state index in [1.54, 1.807) is 4.68 Å². The topological polar surface area (TPSA) is 17.8 Å². The van der Waals surface area contributed by atoms with Crippen LogP contribution in [0.5, 0.6) is 0 Å². The SMILES string of the molecule is Cc1nn(-c2c(Cl)cccc2CCl)c(C)c1Cl. The van der Waals surface area contributed by atoms with E-state index in [1.807, 2.05) is 32.0 Å².